The fourth-order valence-corrected chi connectivity index (χ4v) is 3.19. The summed E-state index contributed by atoms with van der Waals surface area (Å²) in [6.07, 6.45) is 0. The van der Waals surface area contributed by atoms with Gasteiger partial charge in [0, 0.05) is 33.7 Å². The summed E-state index contributed by atoms with van der Waals surface area (Å²) < 4.78 is 23.5. The molecule has 116 valence electrons. The number of nitrogens with two attached hydrogens (primary N) is 1. The highest BCUT2D eigenvalue weighted by atomic mass is 32.2. The summed E-state index contributed by atoms with van der Waals surface area (Å²) in [6, 6.07) is 6.05. The number of sulfonamides is 1. The maximum absolute atomic E-state index is 12.3. The highest BCUT2D eigenvalue weighted by Gasteiger charge is 2.32. The molecule has 1 aliphatic heterocycles. The number of carbonyl (C=O) groups excluding carboxylic acids is 1. The lowest BCUT2D eigenvalue weighted by Crippen LogP contribution is -2.58. The molecule has 1 amide bonds. The molecule has 21 heavy (non-hydrogen) atoms. The van der Waals surface area contributed by atoms with Gasteiger partial charge in [0.1, 0.15) is 10.9 Å². The molecule has 1 heterocycles. The van der Waals surface area contributed by atoms with Crippen LogP contribution >= 0.6 is 0 Å². The summed E-state index contributed by atoms with van der Waals surface area (Å²) in [6.45, 7) is 1.68. The number of piperazine rings is 1. The Labute approximate surface area is 124 Å². The van der Waals surface area contributed by atoms with Gasteiger partial charge in [0.25, 0.3) is 0 Å². The van der Waals surface area contributed by atoms with Crippen LogP contribution < -0.4 is 15.4 Å². The first-order valence-electron chi connectivity index (χ1n) is 6.62. The zero-order valence-electron chi connectivity index (χ0n) is 12.1. The fraction of sp³-hybridized carbons (Fsp3) is 0.462. The summed E-state index contributed by atoms with van der Waals surface area (Å²) in [4.78, 5) is 15.7. The van der Waals surface area contributed by atoms with Gasteiger partial charge in [0.2, 0.25) is 15.9 Å². The Hall–Kier alpha value is -1.64. The molecule has 1 aliphatic rings. The third kappa shape index (κ3) is 3.34. The Balaban J connectivity index is 2.46. The molecule has 8 heteroatoms. The Morgan fingerprint density at radius 1 is 1.38 bits per heavy atom. The molecule has 0 bridgehead atoms. The molecule has 2 rings (SSSR count). The van der Waals surface area contributed by atoms with E-state index in [0.717, 1.165) is 0 Å². The van der Waals surface area contributed by atoms with Crippen molar-refractivity contribution in [1.29, 1.82) is 0 Å². The summed E-state index contributed by atoms with van der Waals surface area (Å²) in [5.74, 6) is -0.0774. The first kappa shape index (κ1) is 15.7. The van der Waals surface area contributed by atoms with Crippen LogP contribution in [0.1, 0.15) is 0 Å². The van der Waals surface area contributed by atoms with Gasteiger partial charge < -0.3 is 15.1 Å². The molecular formula is C13H20N4O3S. The van der Waals surface area contributed by atoms with Gasteiger partial charge in [-0.05, 0) is 12.1 Å². The van der Waals surface area contributed by atoms with Crippen molar-refractivity contribution in [1.82, 2.24) is 10.2 Å². The summed E-state index contributed by atoms with van der Waals surface area (Å²) in [5, 5.41) is 8.44. The average molecular weight is 312 g/mol. The van der Waals surface area contributed by atoms with Gasteiger partial charge in [0.15, 0.2) is 0 Å². The molecule has 1 aromatic rings. The van der Waals surface area contributed by atoms with E-state index in [9.17, 15) is 13.2 Å². The van der Waals surface area contributed by atoms with E-state index >= 15 is 0 Å². The molecule has 3 N–H and O–H groups in total. The van der Waals surface area contributed by atoms with Crippen molar-refractivity contribution in [3.8, 4) is 0 Å². The van der Waals surface area contributed by atoms with Crippen LogP contribution in [0.4, 0.5) is 5.69 Å². The van der Waals surface area contributed by atoms with Gasteiger partial charge in [-0.2, -0.15) is 0 Å². The molecule has 0 spiro atoms. The number of primary sulfonamides is 1. The second-order valence-corrected chi connectivity index (χ2v) is 6.69. The zero-order valence-corrected chi connectivity index (χ0v) is 12.9. The number of carbonyl (C=O) groups is 1. The van der Waals surface area contributed by atoms with Gasteiger partial charge in [-0.25, -0.2) is 13.6 Å². The van der Waals surface area contributed by atoms with Crippen LogP contribution in [-0.2, 0) is 14.8 Å². The van der Waals surface area contributed by atoms with Crippen LogP contribution in [0.3, 0.4) is 0 Å². The van der Waals surface area contributed by atoms with E-state index in [0.29, 0.717) is 25.3 Å². The minimum atomic E-state index is -3.84. The maximum atomic E-state index is 12.3. The van der Waals surface area contributed by atoms with Gasteiger partial charge in [-0.1, -0.05) is 12.1 Å². The number of hydrogen-bond acceptors (Lipinski definition) is 5. The Morgan fingerprint density at radius 3 is 2.67 bits per heavy atom. The number of hydrogen-bond donors (Lipinski definition) is 2. The van der Waals surface area contributed by atoms with Crippen molar-refractivity contribution in [2.75, 3.05) is 38.6 Å². The average Bonchev–Trinajstić information content (AvgIpc) is 2.45. The van der Waals surface area contributed by atoms with Crippen LogP contribution in [0.5, 0.6) is 0 Å². The minimum Gasteiger partial charge on any atom is -0.356 e. The lowest BCUT2D eigenvalue weighted by atomic mass is 10.1. The highest BCUT2D eigenvalue weighted by molar-refractivity contribution is 7.89. The summed E-state index contributed by atoms with van der Waals surface area (Å²) in [5.41, 5.74) is 0.474. The van der Waals surface area contributed by atoms with Crippen molar-refractivity contribution in [2.45, 2.75) is 10.9 Å². The van der Waals surface area contributed by atoms with Crippen molar-refractivity contribution < 1.29 is 13.2 Å². The largest absolute Gasteiger partial charge is 0.356 e. The van der Waals surface area contributed by atoms with Gasteiger partial charge >= 0.3 is 0 Å². The first-order chi connectivity index (χ1) is 9.82. The number of nitrogens with zero attached hydrogens (tertiary/aromatic N) is 2. The molecule has 0 aromatic heterocycles. The number of rotatable bonds is 3. The zero-order chi connectivity index (χ0) is 15.6. The van der Waals surface area contributed by atoms with E-state index in [-0.39, 0.29) is 10.8 Å². The van der Waals surface area contributed by atoms with Crippen LogP contribution in [0.25, 0.3) is 0 Å². The monoisotopic (exact) mass is 312 g/mol. The number of anilines is 1. The van der Waals surface area contributed by atoms with Gasteiger partial charge in [-0.15, -0.1) is 0 Å². The molecular weight excluding hydrogens is 292 g/mol. The molecule has 1 unspecified atom stereocenters. The molecule has 1 aromatic carbocycles. The summed E-state index contributed by atoms with van der Waals surface area (Å²) in [7, 11) is -0.477. The summed E-state index contributed by atoms with van der Waals surface area (Å²) >= 11 is 0. The number of likely N-dealkylation sites (N-methyl/N-ethyl adjacent to an activating group) is 1. The third-order valence-electron chi connectivity index (χ3n) is 3.45. The molecule has 0 aliphatic carbocycles. The molecule has 0 radical (unpaired) electrons. The van der Waals surface area contributed by atoms with Crippen LogP contribution in [0.15, 0.2) is 29.2 Å². The maximum Gasteiger partial charge on any atom is 0.246 e. The smallest absolute Gasteiger partial charge is 0.246 e. The number of para-hydroxylation sites is 1. The number of benzene rings is 1. The van der Waals surface area contributed by atoms with Gasteiger partial charge in [0.05, 0.1) is 5.69 Å². The van der Waals surface area contributed by atoms with Crippen LogP contribution in [-0.4, -0.2) is 59.0 Å². The quantitative estimate of drug-likeness (QED) is 0.762. The van der Waals surface area contributed by atoms with E-state index in [2.05, 4.69) is 5.32 Å². The van der Waals surface area contributed by atoms with Crippen LogP contribution in [0, 0.1) is 0 Å². The second-order valence-electron chi connectivity index (χ2n) is 5.16. The Bertz CT molecular complexity index is 630. The molecule has 0 saturated carbocycles. The molecule has 1 atom stereocenters. The van der Waals surface area contributed by atoms with Crippen molar-refractivity contribution >= 4 is 21.6 Å². The molecule has 7 nitrogen and oxygen atoms in total. The van der Waals surface area contributed by atoms with Crippen molar-refractivity contribution in [3.63, 3.8) is 0 Å². The predicted octanol–water partition coefficient (Wildman–Crippen LogP) is -0.800. The van der Waals surface area contributed by atoms with E-state index in [1.165, 1.54) is 11.0 Å². The predicted molar refractivity (Wildman–Crippen MR) is 80.5 cm³/mol. The normalized spacial score (nSPS) is 19.4. The van der Waals surface area contributed by atoms with E-state index in [1.54, 1.807) is 37.2 Å². The van der Waals surface area contributed by atoms with Crippen molar-refractivity contribution in [2.24, 2.45) is 5.14 Å². The molecule has 1 fully saturated rings. The third-order valence-corrected chi connectivity index (χ3v) is 4.41. The Kier molecular flexibility index (Phi) is 4.50. The van der Waals surface area contributed by atoms with E-state index in [4.69, 9.17) is 5.14 Å². The first-order valence-corrected chi connectivity index (χ1v) is 8.17. The second kappa shape index (κ2) is 6.00. The number of amides is 1. The van der Waals surface area contributed by atoms with E-state index < -0.39 is 16.1 Å². The lowest BCUT2D eigenvalue weighted by Gasteiger charge is -2.38. The topological polar surface area (TPSA) is 95.7 Å². The standard InChI is InChI=1S/C13H20N4O3S/c1-16(2)13(18)11-9-15-7-8-17(11)10-5-3-4-6-12(10)21(14,19)20/h3-6,11,15H,7-9H2,1-2H3,(H2,14,19,20). The minimum absolute atomic E-state index is 0.0449. The fourth-order valence-electron chi connectivity index (χ4n) is 2.45. The molecule has 1 saturated heterocycles. The van der Waals surface area contributed by atoms with E-state index in [1.807, 2.05) is 0 Å². The number of nitrogens with one attached hydrogen (secondary N) is 1. The SMILES string of the molecule is CN(C)C(=O)C1CNCCN1c1ccccc1S(N)(=O)=O. The highest BCUT2D eigenvalue weighted by Crippen LogP contribution is 2.26. The lowest BCUT2D eigenvalue weighted by molar-refractivity contribution is -0.130. The van der Waals surface area contributed by atoms with Gasteiger partial charge in [-0.3, -0.25) is 4.79 Å². The Morgan fingerprint density at radius 2 is 2.05 bits per heavy atom. The van der Waals surface area contributed by atoms with Crippen molar-refractivity contribution in [3.05, 3.63) is 24.3 Å². The van der Waals surface area contributed by atoms with Crippen LogP contribution in [0.2, 0.25) is 0 Å².